The zero-order chi connectivity index (χ0) is 18.7. The van der Waals surface area contributed by atoms with Crippen LogP contribution in [0.2, 0.25) is 10.2 Å². The summed E-state index contributed by atoms with van der Waals surface area (Å²) in [4.78, 5) is 18.6. The number of hydrogen-bond acceptors (Lipinski definition) is 4. The maximum atomic E-state index is 12.7. The number of nitrogens with zero attached hydrogens (tertiary/aromatic N) is 2. The lowest BCUT2D eigenvalue weighted by Crippen LogP contribution is -2.47. The number of hydrogen-bond donors (Lipinski definition) is 0. The van der Waals surface area contributed by atoms with Gasteiger partial charge in [0.1, 0.15) is 23.6 Å². The van der Waals surface area contributed by atoms with Crippen molar-refractivity contribution < 1.29 is 14.3 Å². The summed E-state index contributed by atoms with van der Waals surface area (Å²) >= 11 is 12.0. The van der Waals surface area contributed by atoms with Crippen molar-refractivity contribution in [1.82, 2.24) is 9.88 Å². The van der Waals surface area contributed by atoms with Crippen LogP contribution in [-0.4, -0.2) is 48.2 Å². The van der Waals surface area contributed by atoms with Gasteiger partial charge >= 0.3 is 0 Å². The van der Waals surface area contributed by atoms with Crippen molar-refractivity contribution in [3.63, 3.8) is 0 Å². The van der Waals surface area contributed by atoms with Gasteiger partial charge < -0.3 is 14.4 Å². The van der Waals surface area contributed by atoms with Crippen molar-refractivity contribution in [3.05, 3.63) is 57.3 Å². The average Bonchev–Trinajstić information content (AvgIpc) is 2.61. The second kappa shape index (κ2) is 8.25. The van der Waals surface area contributed by atoms with Crippen molar-refractivity contribution >= 4 is 29.1 Å². The first kappa shape index (κ1) is 19.0. The summed E-state index contributed by atoms with van der Waals surface area (Å²) in [6.45, 7) is 5.57. The topological polar surface area (TPSA) is 51.7 Å². The molecule has 1 unspecified atom stereocenters. The fourth-order valence-electron chi connectivity index (χ4n) is 2.83. The minimum Gasteiger partial charge on any atom is -0.491 e. The smallest absolute Gasteiger partial charge is 0.254 e. The lowest BCUT2D eigenvalue weighted by atomic mass is 10.2. The van der Waals surface area contributed by atoms with Crippen molar-refractivity contribution in [2.24, 2.45) is 0 Å². The Hall–Kier alpha value is -1.82. The van der Waals surface area contributed by atoms with Crippen molar-refractivity contribution in [2.75, 3.05) is 26.3 Å². The second-order valence-corrected chi connectivity index (χ2v) is 7.08. The highest BCUT2D eigenvalue weighted by molar-refractivity contribution is 6.31. The van der Waals surface area contributed by atoms with Crippen molar-refractivity contribution in [3.8, 4) is 5.75 Å². The number of ether oxygens (including phenoxy) is 2. The number of carbonyl (C=O) groups excluding carboxylic acids is 1. The number of rotatable bonds is 4. The summed E-state index contributed by atoms with van der Waals surface area (Å²) in [5.41, 5.74) is 2.21. The van der Waals surface area contributed by atoms with E-state index in [1.807, 2.05) is 26.0 Å². The molecular weight excluding hydrogens is 375 g/mol. The first-order valence-corrected chi connectivity index (χ1v) is 9.12. The van der Waals surface area contributed by atoms with E-state index < -0.39 is 0 Å². The lowest BCUT2D eigenvalue weighted by molar-refractivity contribution is -0.0401. The first-order valence-electron chi connectivity index (χ1n) is 8.36. The second-order valence-electron chi connectivity index (χ2n) is 6.29. The molecule has 1 atom stereocenters. The van der Waals surface area contributed by atoms with Gasteiger partial charge in [-0.3, -0.25) is 4.79 Å². The number of aromatic nitrogens is 1. The SMILES string of the molecule is Cc1cc(C(=O)N2CCOC(COc3ccc(Cl)c(C)c3)C2)cc(Cl)n1. The minimum absolute atomic E-state index is 0.0759. The molecule has 1 fully saturated rings. The van der Waals surface area contributed by atoms with Gasteiger partial charge in [0.15, 0.2) is 0 Å². The quantitative estimate of drug-likeness (QED) is 0.737. The number of carbonyl (C=O) groups is 1. The fourth-order valence-corrected chi connectivity index (χ4v) is 3.20. The predicted octanol–water partition coefficient (Wildman–Crippen LogP) is 3.93. The van der Waals surface area contributed by atoms with Gasteiger partial charge in [-0.15, -0.1) is 0 Å². The molecule has 2 aromatic rings. The van der Waals surface area contributed by atoms with Gasteiger partial charge in [0, 0.05) is 22.8 Å². The van der Waals surface area contributed by atoms with Crippen LogP contribution in [0, 0.1) is 13.8 Å². The minimum atomic E-state index is -0.193. The number of aryl methyl sites for hydroxylation is 2. The summed E-state index contributed by atoms with van der Waals surface area (Å²) in [5, 5.41) is 1.02. The molecule has 5 nitrogen and oxygen atoms in total. The van der Waals surface area contributed by atoms with Crippen LogP contribution < -0.4 is 4.74 Å². The highest BCUT2D eigenvalue weighted by Crippen LogP contribution is 2.22. The fraction of sp³-hybridized carbons (Fsp3) is 0.368. The number of halogens is 2. The molecule has 3 rings (SSSR count). The molecule has 0 bridgehead atoms. The van der Waals surface area contributed by atoms with Crippen molar-refractivity contribution in [1.29, 1.82) is 0 Å². The molecule has 1 saturated heterocycles. The number of amides is 1. The normalized spacial score (nSPS) is 17.2. The molecule has 1 aliphatic rings. The van der Waals surface area contributed by atoms with Gasteiger partial charge in [-0.1, -0.05) is 23.2 Å². The predicted molar refractivity (Wildman–Crippen MR) is 101 cm³/mol. The summed E-state index contributed by atoms with van der Waals surface area (Å²) in [6, 6.07) is 8.85. The van der Waals surface area contributed by atoms with E-state index in [0.29, 0.717) is 47.7 Å². The van der Waals surface area contributed by atoms with Crippen LogP contribution in [0.25, 0.3) is 0 Å². The van der Waals surface area contributed by atoms with E-state index in [1.54, 1.807) is 23.1 Å². The molecule has 0 aliphatic carbocycles. The molecular formula is C19H20Cl2N2O3. The molecule has 1 aromatic carbocycles. The molecule has 138 valence electrons. The zero-order valence-corrected chi connectivity index (χ0v) is 16.2. The summed E-state index contributed by atoms with van der Waals surface area (Å²) in [7, 11) is 0. The van der Waals surface area contributed by atoms with Gasteiger partial charge in [0.25, 0.3) is 5.91 Å². The average molecular weight is 395 g/mol. The molecule has 1 amide bonds. The van der Waals surface area contributed by atoms with Crippen LogP contribution >= 0.6 is 23.2 Å². The van der Waals surface area contributed by atoms with E-state index in [0.717, 1.165) is 11.3 Å². The van der Waals surface area contributed by atoms with Crippen LogP contribution in [-0.2, 0) is 4.74 Å². The zero-order valence-electron chi connectivity index (χ0n) is 14.7. The Morgan fingerprint density at radius 1 is 1.31 bits per heavy atom. The van der Waals surface area contributed by atoms with Crippen LogP contribution in [0.4, 0.5) is 0 Å². The first-order chi connectivity index (χ1) is 12.4. The summed E-state index contributed by atoms with van der Waals surface area (Å²) < 4.78 is 11.5. The molecule has 0 saturated carbocycles. The maximum Gasteiger partial charge on any atom is 0.254 e. The Morgan fingerprint density at radius 3 is 2.85 bits per heavy atom. The number of benzene rings is 1. The van der Waals surface area contributed by atoms with Gasteiger partial charge in [-0.2, -0.15) is 0 Å². The summed E-state index contributed by atoms with van der Waals surface area (Å²) in [5.74, 6) is 0.656. The molecule has 1 aliphatic heterocycles. The molecule has 1 aromatic heterocycles. The molecule has 7 heteroatoms. The lowest BCUT2D eigenvalue weighted by Gasteiger charge is -2.33. The Balaban J connectivity index is 1.61. The highest BCUT2D eigenvalue weighted by atomic mass is 35.5. The van der Waals surface area contributed by atoms with E-state index in [9.17, 15) is 4.79 Å². The van der Waals surface area contributed by atoms with Gasteiger partial charge in [-0.05, 0) is 49.7 Å². The highest BCUT2D eigenvalue weighted by Gasteiger charge is 2.26. The van der Waals surface area contributed by atoms with Crippen LogP contribution in [0.5, 0.6) is 5.75 Å². The van der Waals surface area contributed by atoms with Crippen LogP contribution in [0.1, 0.15) is 21.6 Å². The number of morpholine rings is 1. The molecule has 0 N–H and O–H groups in total. The Bertz CT molecular complexity index is 793. The van der Waals surface area contributed by atoms with Gasteiger partial charge in [-0.25, -0.2) is 4.98 Å². The third kappa shape index (κ3) is 4.67. The van der Waals surface area contributed by atoms with Crippen molar-refractivity contribution in [2.45, 2.75) is 20.0 Å². The van der Waals surface area contributed by atoms with E-state index in [-0.39, 0.29) is 12.0 Å². The Kier molecular flexibility index (Phi) is 6.01. The van der Waals surface area contributed by atoms with E-state index in [2.05, 4.69) is 4.98 Å². The summed E-state index contributed by atoms with van der Waals surface area (Å²) in [6.07, 6.45) is -0.193. The monoisotopic (exact) mass is 394 g/mol. The molecule has 0 spiro atoms. The molecule has 0 radical (unpaired) electrons. The third-order valence-corrected chi connectivity index (χ3v) is 4.78. The van der Waals surface area contributed by atoms with Crippen LogP contribution in [0.3, 0.4) is 0 Å². The molecule has 26 heavy (non-hydrogen) atoms. The third-order valence-electron chi connectivity index (χ3n) is 4.16. The Labute approximate surface area is 162 Å². The largest absolute Gasteiger partial charge is 0.491 e. The van der Waals surface area contributed by atoms with Gasteiger partial charge in [0.05, 0.1) is 13.2 Å². The van der Waals surface area contributed by atoms with E-state index in [1.165, 1.54) is 0 Å². The molecule has 2 heterocycles. The maximum absolute atomic E-state index is 12.7. The number of pyridine rings is 1. The van der Waals surface area contributed by atoms with Crippen LogP contribution in [0.15, 0.2) is 30.3 Å². The Morgan fingerprint density at radius 2 is 2.12 bits per heavy atom. The van der Waals surface area contributed by atoms with E-state index in [4.69, 9.17) is 32.7 Å². The standard InChI is InChI=1S/C19H20Cl2N2O3/c1-12-7-15(3-4-17(12)20)26-11-16-10-23(5-6-25-16)19(24)14-8-13(2)22-18(21)9-14/h3-4,7-9,16H,5-6,10-11H2,1-2H3. The van der Waals surface area contributed by atoms with E-state index >= 15 is 0 Å². The van der Waals surface area contributed by atoms with Gasteiger partial charge in [0.2, 0.25) is 0 Å².